The van der Waals surface area contributed by atoms with Gasteiger partial charge in [-0.25, -0.2) is 0 Å². The van der Waals surface area contributed by atoms with Crippen LogP contribution < -0.4 is 14.4 Å². The topological polar surface area (TPSA) is 89.0 Å². The number of nitrogens with zero attached hydrogens (tertiary/aromatic N) is 2. The number of benzene rings is 3. The van der Waals surface area contributed by atoms with Gasteiger partial charge in [-0.1, -0.05) is 36.4 Å². The van der Waals surface area contributed by atoms with Gasteiger partial charge < -0.3 is 14.6 Å². The van der Waals surface area contributed by atoms with Crippen LogP contribution in [0.3, 0.4) is 0 Å². The van der Waals surface area contributed by atoms with Crippen LogP contribution in [-0.2, 0) is 22.6 Å². The third-order valence-corrected chi connectivity index (χ3v) is 6.77. The molecule has 7 nitrogen and oxygen atoms in total. The Morgan fingerprint density at radius 2 is 1.82 bits per heavy atom. The van der Waals surface area contributed by atoms with Gasteiger partial charge in [-0.05, 0) is 65.2 Å². The Morgan fingerprint density at radius 1 is 1.00 bits per heavy atom. The highest BCUT2D eigenvalue weighted by Gasteiger charge is 2.47. The molecule has 1 N–H and O–H groups in total. The SMILES string of the molecule is O=C1C(=O)N(c2ccc(OCc3ccccc3)cc2)C(c2cccnc2)/C1=C(/O)c1ccc2c(c1)CCO2. The number of ketones is 1. The van der Waals surface area contributed by atoms with Crippen molar-refractivity contribution in [1.29, 1.82) is 0 Å². The number of carbonyl (C=O) groups excluding carboxylic acids is 2. The summed E-state index contributed by atoms with van der Waals surface area (Å²) in [6.45, 7) is 0.983. The van der Waals surface area contributed by atoms with Crippen molar-refractivity contribution in [3.63, 3.8) is 0 Å². The molecule has 3 heterocycles. The largest absolute Gasteiger partial charge is 0.507 e. The number of amides is 1. The maximum absolute atomic E-state index is 13.4. The van der Waals surface area contributed by atoms with E-state index < -0.39 is 17.7 Å². The van der Waals surface area contributed by atoms with E-state index in [1.807, 2.05) is 36.4 Å². The molecule has 2 aliphatic rings. The van der Waals surface area contributed by atoms with Gasteiger partial charge in [0, 0.05) is 30.1 Å². The zero-order valence-corrected chi connectivity index (χ0v) is 20.4. The molecule has 0 spiro atoms. The van der Waals surface area contributed by atoms with Gasteiger partial charge in [-0.15, -0.1) is 0 Å². The van der Waals surface area contributed by atoms with E-state index in [-0.39, 0.29) is 11.3 Å². The fourth-order valence-corrected chi connectivity index (χ4v) is 4.89. The highest BCUT2D eigenvalue weighted by atomic mass is 16.5. The molecule has 1 fully saturated rings. The lowest BCUT2D eigenvalue weighted by Crippen LogP contribution is -2.29. The predicted molar refractivity (Wildman–Crippen MR) is 142 cm³/mol. The van der Waals surface area contributed by atoms with Crippen LogP contribution in [0.5, 0.6) is 11.5 Å². The van der Waals surface area contributed by atoms with E-state index >= 15 is 0 Å². The molecule has 38 heavy (non-hydrogen) atoms. The minimum Gasteiger partial charge on any atom is -0.507 e. The number of anilines is 1. The minimum absolute atomic E-state index is 0.0197. The molecule has 4 aromatic rings. The second-order valence-corrected chi connectivity index (χ2v) is 9.14. The molecule has 188 valence electrons. The highest BCUT2D eigenvalue weighted by molar-refractivity contribution is 6.51. The van der Waals surface area contributed by atoms with Crippen molar-refractivity contribution in [3.8, 4) is 11.5 Å². The number of fused-ring (bicyclic) bond motifs is 1. The Labute approximate surface area is 219 Å². The van der Waals surface area contributed by atoms with Gasteiger partial charge in [0.25, 0.3) is 11.7 Å². The molecule has 1 saturated heterocycles. The summed E-state index contributed by atoms with van der Waals surface area (Å²) in [4.78, 5) is 32.4. The quantitative estimate of drug-likeness (QED) is 0.220. The van der Waals surface area contributed by atoms with Gasteiger partial charge in [-0.2, -0.15) is 0 Å². The summed E-state index contributed by atoms with van der Waals surface area (Å²) in [6.07, 6.45) is 3.94. The normalized spacial score (nSPS) is 17.8. The van der Waals surface area contributed by atoms with E-state index in [9.17, 15) is 14.7 Å². The number of ether oxygens (including phenoxy) is 2. The monoisotopic (exact) mass is 504 g/mol. The van der Waals surface area contributed by atoms with E-state index in [0.29, 0.717) is 35.8 Å². The molecule has 7 heteroatoms. The van der Waals surface area contributed by atoms with Gasteiger partial charge in [0.05, 0.1) is 18.2 Å². The van der Waals surface area contributed by atoms with Crippen LogP contribution in [0.4, 0.5) is 5.69 Å². The van der Waals surface area contributed by atoms with Gasteiger partial charge in [0.2, 0.25) is 0 Å². The Bertz CT molecular complexity index is 1530. The molecule has 2 aliphatic heterocycles. The van der Waals surface area contributed by atoms with Crippen molar-refractivity contribution in [2.75, 3.05) is 11.5 Å². The lowest BCUT2D eigenvalue weighted by atomic mass is 9.95. The zero-order chi connectivity index (χ0) is 26.1. The molecule has 1 atom stereocenters. The summed E-state index contributed by atoms with van der Waals surface area (Å²) >= 11 is 0. The minimum atomic E-state index is -0.843. The van der Waals surface area contributed by atoms with Crippen LogP contribution in [0, 0.1) is 0 Å². The molecule has 1 amide bonds. The van der Waals surface area contributed by atoms with E-state index in [4.69, 9.17) is 9.47 Å². The molecule has 3 aromatic carbocycles. The first-order chi connectivity index (χ1) is 18.6. The third kappa shape index (κ3) is 4.28. The van der Waals surface area contributed by atoms with E-state index in [2.05, 4.69) is 4.98 Å². The molecular formula is C31H24N2O5. The first kappa shape index (κ1) is 23.5. The van der Waals surface area contributed by atoms with E-state index in [1.165, 1.54) is 4.90 Å². The maximum atomic E-state index is 13.4. The number of aliphatic hydroxyl groups excluding tert-OH is 1. The predicted octanol–water partition coefficient (Wildman–Crippen LogP) is 5.22. The summed E-state index contributed by atoms with van der Waals surface area (Å²) in [5, 5.41) is 11.4. The average Bonchev–Trinajstić information content (AvgIpc) is 3.54. The fraction of sp³-hybridized carbons (Fsp3) is 0.129. The van der Waals surface area contributed by atoms with Crippen molar-refractivity contribution in [3.05, 3.63) is 125 Å². The summed E-state index contributed by atoms with van der Waals surface area (Å²) in [6, 6.07) is 24.8. The van der Waals surface area contributed by atoms with Gasteiger partial charge in [0.1, 0.15) is 23.9 Å². The molecule has 6 rings (SSSR count). The first-order valence-corrected chi connectivity index (χ1v) is 12.3. The van der Waals surface area contributed by atoms with E-state index in [1.54, 1.807) is 60.9 Å². The van der Waals surface area contributed by atoms with E-state index in [0.717, 1.165) is 23.3 Å². The number of carbonyl (C=O) groups is 2. The molecule has 0 saturated carbocycles. The highest BCUT2D eigenvalue weighted by Crippen LogP contribution is 2.42. The van der Waals surface area contributed by atoms with Crippen LogP contribution in [0.2, 0.25) is 0 Å². The summed E-state index contributed by atoms with van der Waals surface area (Å²) in [5.41, 5.74) is 3.60. The van der Waals surface area contributed by atoms with Crippen LogP contribution in [0.1, 0.15) is 28.3 Å². The summed E-state index contributed by atoms with van der Waals surface area (Å²) < 4.78 is 11.5. The molecule has 1 unspecified atom stereocenters. The molecular weight excluding hydrogens is 480 g/mol. The van der Waals surface area contributed by atoms with Crippen LogP contribution in [-0.4, -0.2) is 28.4 Å². The Morgan fingerprint density at radius 3 is 2.58 bits per heavy atom. The number of hydrogen-bond donors (Lipinski definition) is 1. The van der Waals surface area contributed by atoms with Crippen LogP contribution in [0.15, 0.2) is 103 Å². The van der Waals surface area contributed by atoms with Gasteiger partial charge in [0.15, 0.2) is 0 Å². The summed E-state index contributed by atoms with van der Waals surface area (Å²) in [7, 11) is 0. The molecule has 0 bridgehead atoms. The molecule has 1 aromatic heterocycles. The number of aliphatic hydroxyl groups is 1. The molecule has 0 radical (unpaired) electrons. The number of Topliss-reactive ketones (excluding diaryl/α,β-unsaturated/α-hetero) is 1. The fourth-order valence-electron chi connectivity index (χ4n) is 4.89. The van der Waals surface area contributed by atoms with Gasteiger partial charge in [-0.3, -0.25) is 19.5 Å². The Hall–Kier alpha value is -4.91. The Balaban J connectivity index is 1.37. The van der Waals surface area contributed by atoms with Crippen molar-refractivity contribution in [2.45, 2.75) is 19.1 Å². The van der Waals surface area contributed by atoms with Crippen molar-refractivity contribution in [2.24, 2.45) is 0 Å². The lowest BCUT2D eigenvalue weighted by Gasteiger charge is -2.25. The van der Waals surface area contributed by atoms with Gasteiger partial charge >= 0.3 is 0 Å². The first-order valence-electron chi connectivity index (χ1n) is 12.3. The standard InChI is InChI=1S/C31H24N2O5/c34-29(22-8-13-26-21(17-22)14-16-37-26)27-28(23-7-4-15-32-18-23)33(31(36)30(27)35)24-9-11-25(12-10-24)38-19-20-5-2-1-3-6-20/h1-13,15,17-18,28,34H,14,16,19H2/b29-27-. The average molecular weight is 505 g/mol. The Kier molecular flexibility index (Phi) is 6.09. The van der Waals surface area contributed by atoms with Crippen molar-refractivity contribution < 1.29 is 24.2 Å². The molecule has 0 aliphatic carbocycles. The maximum Gasteiger partial charge on any atom is 0.300 e. The third-order valence-electron chi connectivity index (χ3n) is 6.77. The summed E-state index contributed by atoms with van der Waals surface area (Å²) in [5.74, 6) is -0.301. The van der Waals surface area contributed by atoms with Crippen molar-refractivity contribution >= 4 is 23.1 Å². The lowest BCUT2D eigenvalue weighted by molar-refractivity contribution is -0.132. The number of aromatic nitrogens is 1. The number of rotatable bonds is 6. The van der Waals surface area contributed by atoms with Crippen LogP contribution >= 0.6 is 0 Å². The number of hydrogen-bond acceptors (Lipinski definition) is 6. The van der Waals surface area contributed by atoms with Crippen LogP contribution in [0.25, 0.3) is 5.76 Å². The second kappa shape index (κ2) is 9.86. The van der Waals surface area contributed by atoms with Crippen molar-refractivity contribution in [1.82, 2.24) is 4.98 Å². The smallest absolute Gasteiger partial charge is 0.300 e. The number of pyridine rings is 1. The zero-order valence-electron chi connectivity index (χ0n) is 20.4. The second-order valence-electron chi connectivity index (χ2n) is 9.14.